The second-order valence-corrected chi connectivity index (χ2v) is 9.79. The summed E-state index contributed by atoms with van der Waals surface area (Å²) in [5.74, 6) is 0.202. The van der Waals surface area contributed by atoms with Crippen LogP contribution in [0, 0.1) is 0 Å². The number of ether oxygens (including phenoxy) is 4. The molecule has 7 heteroatoms. The van der Waals surface area contributed by atoms with Gasteiger partial charge in [0.15, 0.2) is 0 Å². The molecule has 1 saturated carbocycles. The van der Waals surface area contributed by atoms with Gasteiger partial charge in [0.2, 0.25) is 5.91 Å². The van der Waals surface area contributed by atoms with E-state index in [2.05, 4.69) is 4.90 Å². The van der Waals surface area contributed by atoms with Crippen LogP contribution in [0.2, 0.25) is 0 Å². The Morgan fingerprint density at radius 3 is 2.73 bits per heavy atom. The Bertz CT molecular complexity index is 741. The van der Waals surface area contributed by atoms with E-state index >= 15 is 0 Å². The molecule has 0 N–H and O–H groups in total. The predicted molar refractivity (Wildman–Crippen MR) is 126 cm³/mol. The summed E-state index contributed by atoms with van der Waals surface area (Å²) in [4.78, 5) is 17.8. The molecule has 3 aliphatic rings. The van der Waals surface area contributed by atoms with Crippen molar-refractivity contribution in [1.29, 1.82) is 0 Å². The van der Waals surface area contributed by atoms with Gasteiger partial charge in [-0.25, -0.2) is 0 Å². The van der Waals surface area contributed by atoms with E-state index in [1.165, 1.54) is 12.8 Å². The number of benzene rings is 1. The zero-order valence-electron chi connectivity index (χ0n) is 20.2. The number of hydrogen-bond donors (Lipinski definition) is 0. The molecule has 2 aliphatic heterocycles. The fourth-order valence-corrected chi connectivity index (χ4v) is 5.77. The molecule has 4 rings (SSSR count). The van der Waals surface area contributed by atoms with Gasteiger partial charge < -0.3 is 23.8 Å². The van der Waals surface area contributed by atoms with Crippen LogP contribution >= 0.6 is 0 Å². The number of hydrogen-bond acceptors (Lipinski definition) is 6. The first-order valence-corrected chi connectivity index (χ1v) is 12.5. The highest BCUT2D eigenvalue weighted by atomic mass is 16.7. The van der Waals surface area contributed by atoms with Crippen molar-refractivity contribution in [1.82, 2.24) is 9.80 Å². The highest BCUT2D eigenvalue weighted by Crippen LogP contribution is 2.43. The van der Waals surface area contributed by atoms with Crippen molar-refractivity contribution in [3.05, 3.63) is 35.9 Å². The lowest BCUT2D eigenvalue weighted by Crippen LogP contribution is -2.58. The molecule has 1 spiro atoms. The van der Waals surface area contributed by atoms with Crippen LogP contribution in [-0.2, 0) is 30.2 Å². The van der Waals surface area contributed by atoms with E-state index in [1.54, 1.807) is 7.11 Å². The van der Waals surface area contributed by atoms with Crippen LogP contribution in [0.3, 0.4) is 0 Å². The van der Waals surface area contributed by atoms with E-state index in [9.17, 15) is 4.79 Å². The second-order valence-electron chi connectivity index (χ2n) is 9.79. The lowest BCUT2D eigenvalue weighted by molar-refractivity contribution is -0.136. The maximum Gasteiger partial charge on any atom is 0.227 e. The summed E-state index contributed by atoms with van der Waals surface area (Å²) in [5, 5.41) is 0. The number of amides is 1. The van der Waals surface area contributed by atoms with Crippen LogP contribution in [0.5, 0.6) is 0 Å². The number of nitrogens with zero attached hydrogens (tertiary/aromatic N) is 2. The third-order valence-electron chi connectivity index (χ3n) is 7.61. The van der Waals surface area contributed by atoms with Crippen LogP contribution in [-0.4, -0.2) is 93.4 Å². The monoisotopic (exact) mass is 460 g/mol. The van der Waals surface area contributed by atoms with Crippen molar-refractivity contribution in [3.63, 3.8) is 0 Å². The maximum atomic E-state index is 13.2. The summed E-state index contributed by atoms with van der Waals surface area (Å²) in [6.45, 7) is 4.24. The van der Waals surface area contributed by atoms with Gasteiger partial charge in [-0.15, -0.1) is 0 Å². The molecular formula is C26H40N2O5. The van der Waals surface area contributed by atoms with Gasteiger partial charge in [0.05, 0.1) is 37.9 Å². The highest BCUT2D eigenvalue weighted by molar-refractivity contribution is 5.79. The van der Waals surface area contributed by atoms with Crippen LogP contribution in [0.25, 0.3) is 0 Å². The lowest BCUT2D eigenvalue weighted by Gasteiger charge is -2.48. The van der Waals surface area contributed by atoms with Crippen LogP contribution in [0.4, 0.5) is 0 Å². The summed E-state index contributed by atoms with van der Waals surface area (Å²) < 4.78 is 22.8. The molecule has 4 atom stereocenters. The Morgan fingerprint density at radius 2 is 1.97 bits per heavy atom. The molecule has 184 valence electrons. The lowest BCUT2D eigenvalue weighted by atomic mass is 9.76. The highest BCUT2D eigenvalue weighted by Gasteiger charge is 2.50. The summed E-state index contributed by atoms with van der Waals surface area (Å²) in [7, 11) is 3.66. The molecule has 1 aromatic rings. The third kappa shape index (κ3) is 6.34. The average Bonchev–Trinajstić information content (AvgIpc) is 3.50. The van der Waals surface area contributed by atoms with E-state index in [4.69, 9.17) is 18.9 Å². The molecule has 0 radical (unpaired) electrons. The molecule has 2 saturated heterocycles. The Labute approximate surface area is 198 Å². The zero-order valence-corrected chi connectivity index (χ0v) is 20.2. The van der Waals surface area contributed by atoms with Crippen LogP contribution in [0.1, 0.15) is 44.1 Å². The molecule has 7 nitrogen and oxygen atoms in total. The van der Waals surface area contributed by atoms with Crippen LogP contribution < -0.4 is 0 Å². The fourth-order valence-electron chi connectivity index (χ4n) is 5.77. The van der Waals surface area contributed by atoms with Crippen molar-refractivity contribution in [2.45, 2.75) is 68.7 Å². The van der Waals surface area contributed by atoms with Gasteiger partial charge in [-0.05, 0) is 50.8 Å². The van der Waals surface area contributed by atoms with Gasteiger partial charge in [-0.3, -0.25) is 9.69 Å². The van der Waals surface area contributed by atoms with Gasteiger partial charge in [0.25, 0.3) is 0 Å². The topological polar surface area (TPSA) is 60.5 Å². The standard InChI is InChI=1S/C26H40N2O5/c1-27(25(29)16-21-8-4-3-5-9-21)23-10-11-26(18-24(23)28-12-6-7-13-28)17-22(19-33-26)32-20-31-15-14-30-2/h3-5,8-9,22-24H,6-7,10-20H2,1-2H3/t22?,23-,24-,26+/m0/s1. The summed E-state index contributed by atoms with van der Waals surface area (Å²) in [6.07, 6.45) is 6.81. The van der Waals surface area contributed by atoms with E-state index in [-0.39, 0.29) is 30.4 Å². The summed E-state index contributed by atoms with van der Waals surface area (Å²) >= 11 is 0. The number of likely N-dealkylation sites (N-methyl/N-ethyl adjacent to an activating group) is 1. The van der Waals surface area contributed by atoms with E-state index in [0.29, 0.717) is 32.3 Å². The van der Waals surface area contributed by atoms with Crippen molar-refractivity contribution >= 4 is 5.91 Å². The first-order chi connectivity index (χ1) is 16.1. The average molecular weight is 461 g/mol. The van der Waals surface area contributed by atoms with Crippen molar-refractivity contribution in [2.24, 2.45) is 0 Å². The van der Waals surface area contributed by atoms with Crippen molar-refractivity contribution < 1.29 is 23.7 Å². The Morgan fingerprint density at radius 1 is 1.18 bits per heavy atom. The van der Waals surface area contributed by atoms with E-state index < -0.39 is 0 Å². The predicted octanol–water partition coefficient (Wildman–Crippen LogP) is 2.87. The number of likely N-dealkylation sites (tertiary alicyclic amines) is 1. The quantitative estimate of drug-likeness (QED) is 0.395. The maximum absolute atomic E-state index is 13.2. The Hall–Kier alpha value is -1.51. The second kappa shape index (κ2) is 11.8. The molecule has 1 unspecified atom stereocenters. The first-order valence-electron chi connectivity index (χ1n) is 12.5. The molecule has 1 aromatic carbocycles. The van der Waals surface area contributed by atoms with Gasteiger partial charge in [-0.2, -0.15) is 0 Å². The number of methoxy groups -OCH3 is 1. The van der Waals surface area contributed by atoms with Gasteiger partial charge in [0, 0.05) is 32.7 Å². The largest absolute Gasteiger partial charge is 0.382 e. The molecule has 1 amide bonds. The van der Waals surface area contributed by atoms with E-state index in [0.717, 1.165) is 44.3 Å². The molecule has 33 heavy (non-hydrogen) atoms. The summed E-state index contributed by atoms with van der Waals surface area (Å²) in [5.41, 5.74) is 0.927. The number of rotatable bonds is 10. The Balaban J connectivity index is 1.36. The van der Waals surface area contributed by atoms with Gasteiger partial charge >= 0.3 is 0 Å². The molecule has 2 heterocycles. The fraction of sp³-hybridized carbons (Fsp3) is 0.731. The first kappa shape index (κ1) is 24.6. The minimum Gasteiger partial charge on any atom is -0.382 e. The molecule has 3 fully saturated rings. The third-order valence-corrected chi connectivity index (χ3v) is 7.61. The SMILES string of the molecule is COCCOCOC1CO[C@]2(CC[C@H](N(C)C(=O)Cc3ccccc3)[C@@H](N3CCCC3)C2)C1. The minimum atomic E-state index is -0.149. The van der Waals surface area contributed by atoms with Gasteiger partial charge in [-0.1, -0.05) is 30.3 Å². The summed E-state index contributed by atoms with van der Waals surface area (Å²) in [6, 6.07) is 10.6. The Kier molecular flexibility index (Phi) is 8.77. The van der Waals surface area contributed by atoms with Crippen LogP contribution in [0.15, 0.2) is 30.3 Å². The molecule has 0 aromatic heterocycles. The number of carbonyl (C=O) groups excluding carboxylic acids is 1. The zero-order chi connectivity index (χ0) is 23.1. The van der Waals surface area contributed by atoms with Crippen molar-refractivity contribution in [2.75, 3.05) is 53.9 Å². The molecular weight excluding hydrogens is 420 g/mol. The smallest absolute Gasteiger partial charge is 0.227 e. The van der Waals surface area contributed by atoms with Gasteiger partial charge in [0.1, 0.15) is 6.79 Å². The molecule has 0 bridgehead atoms. The number of carbonyl (C=O) groups is 1. The normalized spacial score (nSPS) is 30.2. The van der Waals surface area contributed by atoms with E-state index in [1.807, 2.05) is 42.3 Å². The molecule has 1 aliphatic carbocycles. The van der Waals surface area contributed by atoms with Crippen molar-refractivity contribution in [3.8, 4) is 0 Å². The minimum absolute atomic E-state index is 0.0702.